The summed E-state index contributed by atoms with van der Waals surface area (Å²) in [6.45, 7) is 2.32. The van der Waals surface area contributed by atoms with E-state index in [0.29, 0.717) is 6.54 Å². The van der Waals surface area contributed by atoms with Crippen LogP contribution >= 0.6 is 0 Å². The summed E-state index contributed by atoms with van der Waals surface area (Å²) in [7, 11) is 1.36. The lowest BCUT2D eigenvalue weighted by atomic mass is 10.1. The van der Waals surface area contributed by atoms with E-state index >= 15 is 0 Å². The molecule has 0 aliphatic carbocycles. The van der Waals surface area contributed by atoms with E-state index in [1.165, 1.54) is 19.2 Å². The van der Waals surface area contributed by atoms with Gasteiger partial charge in [0.25, 0.3) is 5.91 Å². The fraction of sp³-hybridized carbons (Fsp3) is 0.136. The predicted octanol–water partition coefficient (Wildman–Crippen LogP) is 4.76. The highest BCUT2D eigenvalue weighted by molar-refractivity contribution is 6.06. The van der Waals surface area contributed by atoms with E-state index in [-0.39, 0.29) is 22.9 Å². The Balaban J connectivity index is 2.02. The second-order valence-electron chi connectivity index (χ2n) is 6.36. The molecule has 0 saturated carbocycles. The molecule has 3 aromatic rings. The van der Waals surface area contributed by atoms with Crippen molar-refractivity contribution in [2.75, 3.05) is 12.0 Å². The molecule has 3 rings (SSSR count). The van der Waals surface area contributed by atoms with Crippen LogP contribution in [0.15, 0.2) is 72.8 Å². The van der Waals surface area contributed by atoms with Gasteiger partial charge in [0.15, 0.2) is 5.75 Å². The van der Waals surface area contributed by atoms with E-state index in [0.717, 1.165) is 16.8 Å². The number of methoxy groups -OCH3 is 1. The molecule has 28 heavy (non-hydrogen) atoms. The Hall–Kier alpha value is -3.67. The largest absolute Gasteiger partial charge is 0.490 e. The second kappa shape index (κ2) is 8.35. The molecule has 0 unspecified atom stereocenters. The standard InChI is InChI=1S/C22H20N2O4/c1-16-8-11-19(12-9-16)23(15-17-6-4-3-5-7-17)22(25)18-10-13-21(28-2)20(14-18)24(26)27/h3-14H,15H2,1-2H3. The zero-order valence-corrected chi connectivity index (χ0v) is 15.7. The Morgan fingerprint density at radius 2 is 1.71 bits per heavy atom. The number of hydrogen-bond donors (Lipinski definition) is 0. The van der Waals surface area contributed by atoms with Gasteiger partial charge in [0.05, 0.1) is 18.6 Å². The Morgan fingerprint density at radius 3 is 2.32 bits per heavy atom. The van der Waals surface area contributed by atoms with Crippen LogP contribution in [0.1, 0.15) is 21.5 Å². The van der Waals surface area contributed by atoms with Crippen LogP contribution in [0.2, 0.25) is 0 Å². The molecule has 6 heteroatoms. The first-order valence-corrected chi connectivity index (χ1v) is 8.74. The van der Waals surface area contributed by atoms with Crippen LogP contribution in [0, 0.1) is 17.0 Å². The summed E-state index contributed by atoms with van der Waals surface area (Å²) in [4.78, 5) is 25.7. The van der Waals surface area contributed by atoms with Crippen molar-refractivity contribution in [2.24, 2.45) is 0 Å². The minimum Gasteiger partial charge on any atom is -0.490 e. The molecule has 0 N–H and O–H groups in total. The van der Waals surface area contributed by atoms with Crippen molar-refractivity contribution in [3.05, 3.63) is 99.6 Å². The van der Waals surface area contributed by atoms with Gasteiger partial charge < -0.3 is 9.64 Å². The van der Waals surface area contributed by atoms with Gasteiger partial charge in [-0.25, -0.2) is 0 Å². The minimum atomic E-state index is -0.553. The molecule has 3 aromatic carbocycles. The number of amides is 1. The molecule has 142 valence electrons. The predicted molar refractivity (Wildman–Crippen MR) is 108 cm³/mol. The van der Waals surface area contributed by atoms with Crippen molar-refractivity contribution in [3.63, 3.8) is 0 Å². The SMILES string of the molecule is COc1ccc(C(=O)N(Cc2ccccc2)c2ccc(C)cc2)cc1[N+](=O)[O-]. The van der Waals surface area contributed by atoms with Gasteiger partial charge in [0, 0.05) is 17.3 Å². The topological polar surface area (TPSA) is 72.7 Å². The maximum atomic E-state index is 13.3. The van der Waals surface area contributed by atoms with Crippen LogP contribution in [-0.4, -0.2) is 17.9 Å². The van der Waals surface area contributed by atoms with Gasteiger partial charge in [-0.1, -0.05) is 48.0 Å². The third-order valence-corrected chi connectivity index (χ3v) is 4.40. The summed E-state index contributed by atoms with van der Waals surface area (Å²) in [5.41, 5.74) is 2.74. The number of aryl methyl sites for hydroxylation is 1. The number of benzene rings is 3. The van der Waals surface area contributed by atoms with Gasteiger partial charge in [-0.15, -0.1) is 0 Å². The number of hydrogen-bond acceptors (Lipinski definition) is 4. The van der Waals surface area contributed by atoms with Crippen LogP contribution in [0.5, 0.6) is 5.75 Å². The number of nitro groups is 1. The molecule has 0 bridgehead atoms. The van der Waals surface area contributed by atoms with Gasteiger partial charge >= 0.3 is 5.69 Å². The lowest BCUT2D eigenvalue weighted by Crippen LogP contribution is -2.30. The first kappa shape index (κ1) is 19.1. The molecule has 6 nitrogen and oxygen atoms in total. The maximum absolute atomic E-state index is 13.3. The molecule has 0 fully saturated rings. The summed E-state index contributed by atoms with van der Waals surface area (Å²) in [6.07, 6.45) is 0. The van der Waals surface area contributed by atoms with Gasteiger partial charge in [-0.2, -0.15) is 0 Å². The van der Waals surface area contributed by atoms with Crippen molar-refractivity contribution in [1.82, 2.24) is 0 Å². The van der Waals surface area contributed by atoms with Crippen molar-refractivity contribution >= 4 is 17.3 Å². The van der Waals surface area contributed by atoms with Crippen molar-refractivity contribution in [2.45, 2.75) is 13.5 Å². The Kier molecular flexibility index (Phi) is 5.69. The summed E-state index contributed by atoms with van der Waals surface area (Å²) < 4.78 is 5.03. The van der Waals surface area contributed by atoms with E-state index in [9.17, 15) is 14.9 Å². The number of anilines is 1. The second-order valence-corrected chi connectivity index (χ2v) is 6.36. The number of nitrogens with zero attached hydrogens (tertiary/aromatic N) is 2. The van der Waals surface area contributed by atoms with Gasteiger partial charge in [0.2, 0.25) is 0 Å². The molecule has 0 saturated heterocycles. The molecule has 0 heterocycles. The number of carbonyl (C=O) groups excluding carboxylic acids is 1. The van der Waals surface area contributed by atoms with Crippen molar-refractivity contribution in [1.29, 1.82) is 0 Å². The highest BCUT2D eigenvalue weighted by Gasteiger charge is 2.23. The highest BCUT2D eigenvalue weighted by Crippen LogP contribution is 2.29. The van der Waals surface area contributed by atoms with Gasteiger partial charge in [0.1, 0.15) is 0 Å². The van der Waals surface area contributed by atoms with Crippen molar-refractivity contribution < 1.29 is 14.5 Å². The Morgan fingerprint density at radius 1 is 1.04 bits per heavy atom. The first-order chi connectivity index (χ1) is 13.5. The fourth-order valence-electron chi connectivity index (χ4n) is 2.89. The zero-order chi connectivity index (χ0) is 20.1. The van der Waals surface area contributed by atoms with Crippen LogP contribution < -0.4 is 9.64 Å². The molecule has 0 radical (unpaired) electrons. The molecule has 1 amide bonds. The molecular weight excluding hydrogens is 356 g/mol. The third kappa shape index (κ3) is 4.17. The number of rotatable bonds is 6. The summed E-state index contributed by atoms with van der Waals surface area (Å²) in [6, 6.07) is 21.4. The summed E-state index contributed by atoms with van der Waals surface area (Å²) >= 11 is 0. The van der Waals surface area contributed by atoms with E-state index < -0.39 is 4.92 Å². The lowest BCUT2D eigenvalue weighted by Gasteiger charge is -2.23. The van der Waals surface area contributed by atoms with Crippen LogP contribution in [-0.2, 0) is 6.54 Å². The van der Waals surface area contributed by atoms with Crippen LogP contribution in [0.3, 0.4) is 0 Å². The first-order valence-electron chi connectivity index (χ1n) is 8.74. The quantitative estimate of drug-likeness (QED) is 0.459. The minimum absolute atomic E-state index is 0.117. The molecule has 0 aromatic heterocycles. The van der Waals surface area contributed by atoms with Crippen LogP contribution in [0.25, 0.3) is 0 Å². The Labute approximate surface area is 163 Å². The van der Waals surface area contributed by atoms with Crippen molar-refractivity contribution in [3.8, 4) is 5.75 Å². The molecular formula is C22H20N2O4. The molecule has 0 aliphatic rings. The number of ether oxygens (including phenoxy) is 1. The average Bonchev–Trinajstić information content (AvgIpc) is 2.72. The van der Waals surface area contributed by atoms with Gasteiger partial charge in [-0.05, 0) is 36.8 Å². The highest BCUT2D eigenvalue weighted by atomic mass is 16.6. The number of nitro benzene ring substituents is 1. The monoisotopic (exact) mass is 376 g/mol. The van der Waals surface area contributed by atoms with E-state index in [1.54, 1.807) is 11.0 Å². The number of carbonyl (C=O) groups is 1. The fourth-order valence-corrected chi connectivity index (χ4v) is 2.89. The maximum Gasteiger partial charge on any atom is 0.311 e. The van der Waals surface area contributed by atoms with E-state index in [4.69, 9.17) is 4.74 Å². The smallest absolute Gasteiger partial charge is 0.311 e. The third-order valence-electron chi connectivity index (χ3n) is 4.40. The van der Waals surface area contributed by atoms with E-state index in [2.05, 4.69) is 0 Å². The summed E-state index contributed by atoms with van der Waals surface area (Å²) in [5, 5.41) is 11.3. The lowest BCUT2D eigenvalue weighted by molar-refractivity contribution is -0.385. The Bertz CT molecular complexity index is 985. The average molecular weight is 376 g/mol. The molecule has 0 spiro atoms. The van der Waals surface area contributed by atoms with Gasteiger partial charge in [-0.3, -0.25) is 14.9 Å². The van der Waals surface area contributed by atoms with Crippen LogP contribution in [0.4, 0.5) is 11.4 Å². The molecule has 0 atom stereocenters. The normalized spacial score (nSPS) is 10.4. The summed E-state index contributed by atoms with van der Waals surface area (Å²) in [5.74, 6) is -0.204. The molecule has 0 aliphatic heterocycles. The zero-order valence-electron chi connectivity index (χ0n) is 15.7. The van der Waals surface area contributed by atoms with E-state index in [1.807, 2.05) is 61.5 Å².